The first kappa shape index (κ1) is 18.5. The van der Waals surface area contributed by atoms with Gasteiger partial charge in [0, 0.05) is 5.39 Å². The van der Waals surface area contributed by atoms with Crippen LogP contribution in [0.25, 0.3) is 11.0 Å². The molecule has 2 aromatic carbocycles. The number of fused-ring (bicyclic) bond motifs is 1. The molecule has 1 N–H and O–H groups in total. The number of ether oxygens (including phenoxy) is 1. The molecule has 1 amide bonds. The summed E-state index contributed by atoms with van der Waals surface area (Å²) in [6, 6.07) is 10.9. The zero-order chi connectivity index (χ0) is 19.9. The van der Waals surface area contributed by atoms with Crippen molar-refractivity contribution in [2.75, 3.05) is 0 Å². The smallest absolute Gasteiger partial charge is 0.268 e. The second-order valence-electron chi connectivity index (χ2n) is 6.78. The highest BCUT2D eigenvalue weighted by Gasteiger charge is 2.37. The molecule has 0 unspecified atom stereocenters. The summed E-state index contributed by atoms with van der Waals surface area (Å²) in [7, 11) is -3.66. The molecule has 6 nitrogen and oxygen atoms in total. The van der Waals surface area contributed by atoms with E-state index >= 15 is 0 Å². The largest absolute Gasteiger partial charge is 0.489 e. The number of hydrogen-bond donors (Lipinski definition) is 1. The maximum Gasteiger partial charge on any atom is 0.268 e. The molecule has 28 heavy (non-hydrogen) atoms. The first-order valence-electron chi connectivity index (χ1n) is 8.80. The molecular formula is C20H18FNO5S. The zero-order valence-corrected chi connectivity index (χ0v) is 15.9. The quantitative estimate of drug-likeness (QED) is 0.679. The van der Waals surface area contributed by atoms with Gasteiger partial charge in [-0.1, -0.05) is 12.1 Å². The van der Waals surface area contributed by atoms with Crippen LogP contribution in [0.3, 0.4) is 0 Å². The summed E-state index contributed by atoms with van der Waals surface area (Å²) in [5.41, 5.74) is 1.42. The van der Waals surface area contributed by atoms with Crippen molar-refractivity contribution >= 4 is 26.9 Å². The Labute approximate surface area is 161 Å². The van der Waals surface area contributed by atoms with Crippen molar-refractivity contribution in [1.29, 1.82) is 0 Å². The maximum absolute atomic E-state index is 13.0. The molecule has 1 aromatic heterocycles. The number of amides is 1. The summed E-state index contributed by atoms with van der Waals surface area (Å²) in [4.78, 5) is 12.6. The molecule has 146 valence electrons. The topological polar surface area (TPSA) is 85.6 Å². The lowest BCUT2D eigenvalue weighted by atomic mass is 10.1. The van der Waals surface area contributed by atoms with E-state index in [9.17, 15) is 17.6 Å². The van der Waals surface area contributed by atoms with Crippen molar-refractivity contribution in [1.82, 2.24) is 4.72 Å². The molecule has 4 rings (SSSR count). The van der Waals surface area contributed by atoms with Crippen molar-refractivity contribution in [2.24, 2.45) is 0 Å². The first-order chi connectivity index (χ1) is 13.3. The lowest BCUT2D eigenvalue weighted by Gasteiger charge is -2.07. The number of carbonyl (C=O) groups excluding carboxylic acids is 1. The van der Waals surface area contributed by atoms with Gasteiger partial charge in [0.1, 0.15) is 29.5 Å². The summed E-state index contributed by atoms with van der Waals surface area (Å²) in [5.74, 6) is -0.222. The Hall–Kier alpha value is -2.87. The molecule has 3 aromatic rings. The van der Waals surface area contributed by atoms with Gasteiger partial charge in [-0.15, -0.1) is 0 Å². The van der Waals surface area contributed by atoms with Gasteiger partial charge in [0.05, 0.1) is 10.8 Å². The lowest BCUT2D eigenvalue weighted by molar-refractivity contribution is 0.0981. The van der Waals surface area contributed by atoms with Gasteiger partial charge in [0.25, 0.3) is 5.91 Å². The molecule has 0 bridgehead atoms. The van der Waals surface area contributed by atoms with E-state index in [2.05, 4.69) is 4.72 Å². The van der Waals surface area contributed by atoms with Crippen molar-refractivity contribution in [3.63, 3.8) is 0 Å². The van der Waals surface area contributed by atoms with E-state index in [1.54, 1.807) is 37.3 Å². The molecule has 1 aliphatic carbocycles. The highest BCUT2D eigenvalue weighted by molar-refractivity contribution is 7.91. The van der Waals surface area contributed by atoms with Crippen LogP contribution in [0.2, 0.25) is 0 Å². The van der Waals surface area contributed by atoms with Gasteiger partial charge < -0.3 is 9.15 Å². The number of benzene rings is 2. The van der Waals surface area contributed by atoms with Crippen molar-refractivity contribution < 1.29 is 26.8 Å². The molecule has 0 spiro atoms. The van der Waals surface area contributed by atoms with E-state index < -0.39 is 21.2 Å². The van der Waals surface area contributed by atoms with Crippen molar-refractivity contribution in [2.45, 2.75) is 31.6 Å². The Morgan fingerprint density at radius 2 is 1.93 bits per heavy atom. The number of rotatable bonds is 6. The molecular weight excluding hydrogens is 385 g/mol. The van der Waals surface area contributed by atoms with Gasteiger partial charge in [-0.2, -0.15) is 0 Å². The predicted molar refractivity (Wildman–Crippen MR) is 101 cm³/mol. The predicted octanol–water partition coefficient (Wildman–Crippen LogP) is 3.68. The molecule has 1 fully saturated rings. The second kappa shape index (κ2) is 6.94. The van der Waals surface area contributed by atoms with Crippen LogP contribution in [-0.2, 0) is 16.6 Å². The average molecular weight is 403 g/mol. The second-order valence-corrected chi connectivity index (χ2v) is 8.74. The van der Waals surface area contributed by atoms with Crippen LogP contribution in [-0.4, -0.2) is 19.6 Å². The monoisotopic (exact) mass is 403 g/mol. The third-order valence-electron chi connectivity index (χ3n) is 4.58. The van der Waals surface area contributed by atoms with Crippen LogP contribution >= 0.6 is 0 Å². The van der Waals surface area contributed by atoms with Gasteiger partial charge in [-0.05, 0) is 55.7 Å². The maximum atomic E-state index is 13.0. The first-order valence-corrected chi connectivity index (χ1v) is 10.3. The SMILES string of the molecule is Cc1oc2ccc(OCc3ccc(F)cc3)cc2c1C(=O)NS(=O)(=O)C1CC1. The fourth-order valence-electron chi connectivity index (χ4n) is 2.96. The summed E-state index contributed by atoms with van der Waals surface area (Å²) in [6.07, 6.45) is 1.13. The summed E-state index contributed by atoms with van der Waals surface area (Å²) < 4.78 is 50.6. The van der Waals surface area contributed by atoms with Gasteiger partial charge in [-0.25, -0.2) is 17.5 Å². The van der Waals surface area contributed by atoms with E-state index in [4.69, 9.17) is 9.15 Å². The van der Waals surface area contributed by atoms with E-state index in [1.165, 1.54) is 12.1 Å². The number of halogens is 1. The number of furan rings is 1. The van der Waals surface area contributed by atoms with Crippen LogP contribution < -0.4 is 9.46 Å². The third-order valence-corrected chi connectivity index (χ3v) is 6.40. The van der Waals surface area contributed by atoms with E-state index in [1.807, 2.05) is 0 Å². The van der Waals surface area contributed by atoms with Crippen LogP contribution in [0.1, 0.15) is 34.5 Å². The van der Waals surface area contributed by atoms with Gasteiger partial charge in [0.2, 0.25) is 10.0 Å². The lowest BCUT2D eigenvalue weighted by Crippen LogP contribution is -2.33. The Morgan fingerprint density at radius 3 is 2.61 bits per heavy atom. The van der Waals surface area contributed by atoms with Crippen molar-refractivity contribution in [3.8, 4) is 5.75 Å². The van der Waals surface area contributed by atoms with Crippen LogP contribution in [0.15, 0.2) is 46.9 Å². The summed E-state index contributed by atoms with van der Waals surface area (Å²) >= 11 is 0. The van der Waals surface area contributed by atoms with E-state index in [-0.39, 0.29) is 18.0 Å². The minimum absolute atomic E-state index is 0.173. The fraction of sp³-hybridized carbons (Fsp3) is 0.250. The minimum atomic E-state index is -3.66. The molecule has 8 heteroatoms. The standard InChI is InChI=1S/C20H18FNO5S/c1-12-19(20(23)22-28(24,25)16-7-8-16)17-10-15(6-9-18(17)27-12)26-11-13-2-4-14(21)5-3-13/h2-6,9-10,16H,7-8,11H2,1H3,(H,22,23). The normalized spacial score (nSPS) is 14.2. The highest BCUT2D eigenvalue weighted by atomic mass is 32.2. The fourth-order valence-corrected chi connectivity index (χ4v) is 4.24. The molecule has 0 aliphatic heterocycles. The molecule has 1 heterocycles. The number of carbonyl (C=O) groups is 1. The molecule has 0 radical (unpaired) electrons. The number of sulfonamides is 1. The number of hydrogen-bond acceptors (Lipinski definition) is 5. The summed E-state index contributed by atoms with van der Waals surface area (Å²) in [5, 5.41) is -0.0258. The number of nitrogens with one attached hydrogen (secondary N) is 1. The zero-order valence-electron chi connectivity index (χ0n) is 15.1. The van der Waals surface area contributed by atoms with Crippen LogP contribution in [0.4, 0.5) is 4.39 Å². The van der Waals surface area contributed by atoms with E-state index in [0.29, 0.717) is 35.3 Å². The Morgan fingerprint density at radius 1 is 1.21 bits per heavy atom. The molecule has 1 saturated carbocycles. The minimum Gasteiger partial charge on any atom is -0.489 e. The molecule has 0 atom stereocenters. The van der Waals surface area contributed by atoms with Gasteiger partial charge in [-0.3, -0.25) is 4.79 Å². The third kappa shape index (κ3) is 3.73. The average Bonchev–Trinajstić information content (AvgIpc) is 3.44. The Balaban J connectivity index is 1.58. The van der Waals surface area contributed by atoms with Gasteiger partial charge in [0.15, 0.2) is 0 Å². The highest BCUT2D eigenvalue weighted by Crippen LogP contribution is 2.31. The Bertz CT molecular complexity index is 1150. The van der Waals surface area contributed by atoms with Crippen LogP contribution in [0, 0.1) is 12.7 Å². The van der Waals surface area contributed by atoms with Crippen molar-refractivity contribution in [3.05, 3.63) is 65.2 Å². The van der Waals surface area contributed by atoms with E-state index in [0.717, 1.165) is 5.56 Å². The summed E-state index contributed by atoms with van der Waals surface area (Å²) in [6.45, 7) is 1.83. The molecule has 1 aliphatic rings. The van der Waals surface area contributed by atoms with Gasteiger partial charge >= 0.3 is 0 Å². The van der Waals surface area contributed by atoms with Crippen LogP contribution in [0.5, 0.6) is 5.75 Å². The number of aryl methyl sites for hydroxylation is 1. The molecule has 0 saturated heterocycles. The Kier molecular flexibility index (Phi) is 4.58.